The van der Waals surface area contributed by atoms with Crippen LogP contribution in [-0.2, 0) is 4.74 Å². The molecule has 0 fully saturated rings. The van der Waals surface area contributed by atoms with Gasteiger partial charge in [-0.3, -0.25) is 4.98 Å². The molecule has 27 heavy (non-hydrogen) atoms. The van der Waals surface area contributed by atoms with Crippen molar-refractivity contribution in [1.82, 2.24) is 4.98 Å². The lowest BCUT2D eigenvalue weighted by molar-refractivity contribution is 0.0249. The Bertz CT molecular complexity index is 862. The molecular weight excluding hydrogens is 350 g/mol. The van der Waals surface area contributed by atoms with E-state index in [9.17, 15) is 19.8 Å². The van der Waals surface area contributed by atoms with Gasteiger partial charge in [0.05, 0.1) is 35.7 Å². The van der Waals surface area contributed by atoms with Gasteiger partial charge < -0.3 is 19.7 Å². The molecule has 7 nitrogen and oxygen atoms in total. The minimum Gasteiger partial charge on any atom is -0.496 e. The number of pyridine rings is 1. The predicted molar refractivity (Wildman–Crippen MR) is 99.2 cm³/mol. The number of para-hydroxylation sites is 1. The number of carboxylic acid groups (broad SMARTS) is 1. The number of methoxy groups -OCH3 is 1. The van der Waals surface area contributed by atoms with E-state index in [0.29, 0.717) is 23.4 Å². The maximum Gasteiger partial charge on any atom is 0.340 e. The fourth-order valence-electron chi connectivity index (χ4n) is 2.84. The van der Waals surface area contributed by atoms with Crippen LogP contribution in [0.5, 0.6) is 5.75 Å². The Balaban J connectivity index is 2.74. The average Bonchev–Trinajstić information content (AvgIpc) is 2.64. The van der Waals surface area contributed by atoms with E-state index in [0.717, 1.165) is 0 Å². The van der Waals surface area contributed by atoms with E-state index >= 15 is 0 Å². The number of esters is 1. The van der Waals surface area contributed by atoms with E-state index in [1.807, 2.05) is 0 Å². The first kappa shape index (κ1) is 20.4. The van der Waals surface area contributed by atoms with Crippen LogP contribution in [0.1, 0.15) is 45.4 Å². The third kappa shape index (κ3) is 4.25. The predicted octanol–water partition coefficient (Wildman–Crippen LogP) is 3.00. The van der Waals surface area contributed by atoms with Crippen molar-refractivity contribution < 1.29 is 29.3 Å². The average molecular weight is 373 g/mol. The number of aromatic carboxylic acids is 1. The van der Waals surface area contributed by atoms with Crippen LogP contribution in [0.15, 0.2) is 24.3 Å². The molecule has 1 aromatic carbocycles. The van der Waals surface area contributed by atoms with Crippen molar-refractivity contribution >= 4 is 11.9 Å². The van der Waals surface area contributed by atoms with E-state index in [1.165, 1.54) is 7.11 Å². The van der Waals surface area contributed by atoms with Gasteiger partial charge in [0.1, 0.15) is 12.4 Å². The number of hydrogen-bond donors (Lipinski definition) is 2. The van der Waals surface area contributed by atoms with Crippen LogP contribution in [0.3, 0.4) is 0 Å². The van der Waals surface area contributed by atoms with Crippen LogP contribution in [0.4, 0.5) is 0 Å². The standard InChI is InChI=1S/C20H23NO6/c1-5-13(22)10-27-20(25)17-12(3)21-11(2)16(19(23)24)18(17)14-8-6-7-9-15(14)26-4/h6-9,13,22H,5,10H2,1-4H3,(H,23,24). The Morgan fingerprint density at radius 3 is 2.37 bits per heavy atom. The fourth-order valence-corrected chi connectivity index (χ4v) is 2.84. The Morgan fingerprint density at radius 2 is 1.78 bits per heavy atom. The number of carboxylic acids is 1. The number of carbonyl (C=O) groups is 2. The van der Waals surface area contributed by atoms with Gasteiger partial charge in [0.2, 0.25) is 0 Å². The number of aliphatic hydroxyl groups excluding tert-OH is 1. The first-order valence-corrected chi connectivity index (χ1v) is 8.54. The second kappa shape index (κ2) is 8.64. The SMILES string of the molecule is CCC(O)COC(=O)c1c(C)nc(C)c(C(=O)O)c1-c1ccccc1OC. The van der Waals surface area contributed by atoms with Gasteiger partial charge in [-0.15, -0.1) is 0 Å². The lowest BCUT2D eigenvalue weighted by Gasteiger charge is -2.18. The molecular formula is C20H23NO6. The summed E-state index contributed by atoms with van der Waals surface area (Å²) in [5.41, 5.74) is 1.23. The molecule has 2 N–H and O–H groups in total. The maximum absolute atomic E-state index is 12.8. The Hall–Kier alpha value is -2.93. The van der Waals surface area contributed by atoms with Gasteiger partial charge in [0.25, 0.3) is 0 Å². The van der Waals surface area contributed by atoms with E-state index in [4.69, 9.17) is 9.47 Å². The number of hydrogen-bond acceptors (Lipinski definition) is 6. The molecule has 0 aliphatic heterocycles. The smallest absolute Gasteiger partial charge is 0.340 e. The topological polar surface area (TPSA) is 106 Å². The fraction of sp³-hybridized carbons (Fsp3) is 0.350. The van der Waals surface area contributed by atoms with Gasteiger partial charge in [-0.25, -0.2) is 9.59 Å². The van der Waals surface area contributed by atoms with Crippen molar-refractivity contribution in [2.24, 2.45) is 0 Å². The highest BCUT2D eigenvalue weighted by molar-refractivity contribution is 6.07. The molecule has 0 amide bonds. The second-order valence-electron chi connectivity index (χ2n) is 6.07. The molecule has 0 bridgehead atoms. The zero-order valence-corrected chi connectivity index (χ0v) is 15.8. The summed E-state index contributed by atoms with van der Waals surface area (Å²) in [6.07, 6.45) is -0.362. The number of ether oxygens (including phenoxy) is 2. The Labute approximate surface area is 157 Å². The Morgan fingerprint density at radius 1 is 1.15 bits per heavy atom. The summed E-state index contributed by atoms with van der Waals surface area (Å²) in [5.74, 6) is -1.52. The van der Waals surface area contributed by atoms with Crippen molar-refractivity contribution in [1.29, 1.82) is 0 Å². The summed E-state index contributed by atoms with van der Waals surface area (Å²) in [7, 11) is 1.47. The number of aliphatic hydroxyl groups is 1. The minimum absolute atomic E-state index is 0.0470. The van der Waals surface area contributed by atoms with Gasteiger partial charge in [-0.1, -0.05) is 25.1 Å². The third-order valence-corrected chi connectivity index (χ3v) is 4.23. The molecule has 1 heterocycles. The van der Waals surface area contributed by atoms with Crippen LogP contribution < -0.4 is 4.74 Å². The second-order valence-corrected chi connectivity index (χ2v) is 6.07. The summed E-state index contributed by atoms with van der Waals surface area (Å²) < 4.78 is 10.6. The van der Waals surface area contributed by atoms with Crippen LogP contribution in [0, 0.1) is 13.8 Å². The lowest BCUT2D eigenvalue weighted by Crippen LogP contribution is -2.21. The quantitative estimate of drug-likeness (QED) is 0.719. The van der Waals surface area contributed by atoms with Crippen molar-refractivity contribution in [2.75, 3.05) is 13.7 Å². The summed E-state index contributed by atoms with van der Waals surface area (Å²) in [5, 5.41) is 19.4. The number of aryl methyl sites for hydroxylation is 2. The molecule has 1 atom stereocenters. The summed E-state index contributed by atoms with van der Waals surface area (Å²) in [4.78, 5) is 28.9. The number of benzene rings is 1. The van der Waals surface area contributed by atoms with Gasteiger partial charge in [0.15, 0.2) is 0 Å². The molecule has 0 saturated heterocycles. The summed E-state index contributed by atoms with van der Waals surface area (Å²) >= 11 is 0. The number of rotatable bonds is 7. The number of nitrogens with zero attached hydrogens (tertiary/aromatic N) is 1. The number of aromatic nitrogens is 1. The molecule has 144 valence electrons. The third-order valence-electron chi connectivity index (χ3n) is 4.23. The highest BCUT2D eigenvalue weighted by Crippen LogP contribution is 2.37. The Kier molecular flexibility index (Phi) is 6.52. The molecule has 0 saturated carbocycles. The zero-order valence-electron chi connectivity index (χ0n) is 15.8. The molecule has 0 aliphatic rings. The van der Waals surface area contributed by atoms with Gasteiger partial charge in [-0.05, 0) is 26.3 Å². The molecule has 0 radical (unpaired) electrons. The van der Waals surface area contributed by atoms with Crippen molar-refractivity contribution in [3.63, 3.8) is 0 Å². The minimum atomic E-state index is -1.21. The van der Waals surface area contributed by atoms with Gasteiger partial charge in [0, 0.05) is 11.1 Å². The van der Waals surface area contributed by atoms with E-state index in [2.05, 4.69) is 4.98 Å². The van der Waals surface area contributed by atoms with Crippen molar-refractivity contribution in [2.45, 2.75) is 33.3 Å². The summed E-state index contributed by atoms with van der Waals surface area (Å²) in [6, 6.07) is 6.84. The highest BCUT2D eigenvalue weighted by atomic mass is 16.5. The molecule has 2 rings (SSSR count). The van der Waals surface area contributed by atoms with Crippen LogP contribution in [-0.4, -0.2) is 47.0 Å². The highest BCUT2D eigenvalue weighted by Gasteiger charge is 2.28. The normalized spacial score (nSPS) is 11.7. The zero-order chi connectivity index (χ0) is 20.1. The van der Waals surface area contributed by atoms with Gasteiger partial charge >= 0.3 is 11.9 Å². The van der Waals surface area contributed by atoms with E-state index < -0.39 is 18.0 Å². The molecule has 7 heteroatoms. The first-order chi connectivity index (χ1) is 12.8. The molecule has 0 aliphatic carbocycles. The first-order valence-electron chi connectivity index (χ1n) is 8.54. The van der Waals surface area contributed by atoms with Crippen LogP contribution in [0.25, 0.3) is 11.1 Å². The molecule has 2 aromatic rings. The van der Waals surface area contributed by atoms with Crippen LogP contribution >= 0.6 is 0 Å². The maximum atomic E-state index is 12.8. The largest absolute Gasteiger partial charge is 0.496 e. The monoisotopic (exact) mass is 373 g/mol. The van der Waals surface area contributed by atoms with Crippen molar-refractivity contribution in [3.05, 3.63) is 46.8 Å². The lowest BCUT2D eigenvalue weighted by atomic mass is 9.92. The molecule has 1 aromatic heterocycles. The molecule has 0 spiro atoms. The van der Waals surface area contributed by atoms with Crippen LogP contribution in [0.2, 0.25) is 0 Å². The van der Waals surface area contributed by atoms with Gasteiger partial charge in [-0.2, -0.15) is 0 Å². The van der Waals surface area contributed by atoms with Crippen molar-refractivity contribution in [3.8, 4) is 16.9 Å². The number of carbonyl (C=O) groups excluding carboxylic acids is 1. The van der Waals surface area contributed by atoms with E-state index in [1.54, 1.807) is 45.0 Å². The summed E-state index contributed by atoms with van der Waals surface area (Å²) in [6.45, 7) is 4.77. The molecule has 1 unspecified atom stereocenters. The van der Waals surface area contributed by atoms with E-state index in [-0.39, 0.29) is 29.0 Å².